The fourth-order valence-electron chi connectivity index (χ4n) is 2.51. The van der Waals surface area contributed by atoms with E-state index in [1.807, 2.05) is 20.8 Å². The molecule has 1 fully saturated rings. The number of piperazine rings is 1. The summed E-state index contributed by atoms with van der Waals surface area (Å²) in [5.41, 5.74) is -0.203. The minimum atomic E-state index is -0.291. The van der Waals surface area contributed by atoms with E-state index in [1.54, 1.807) is 0 Å². The van der Waals surface area contributed by atoms with Gasteiger partial charge in [-0.25, -0.2) is 0 Å². The van der Waals surface area contributed by atoms with Crippen molar-refractivity contribution in [3.63, 3.8) is 0 Å². The molecule has 1 aliphatic rings. The molecule has 3 heteroatoms. The van der Waals surface area contributed by atoms with Crippen molar-refractivity contribution in [3.8, 4) is 0 Å². The molecule has 0 aliphatic carbocycles. The molecule has 1 amide bonds. The summed E-state index contributed by atoms with van der Waals surface area (Å²) < 4.78 is 0. The van der Waals surface area contributed by atoms with Gasteiger partial charge in [0.1, 0.15) is 0 Å². The molecule has 0 aromatic rings. The molecule has 0 bridgehead atoms. The van der Waals surface area contributed by atoms with Crippen LogP contribution in [-0.4, -0.2) is 46.4 Å². The van der Waals surface area contributed by atoms with Gasteiger partial charge in [0.25, 0.3) is 0 Å². The van der Waals surface area contributed by atoms with Gasteiger partial charge in [-0.3, -0.25) is 9.69 Å². The summed E-state index contributed by atoms with van der Waals surface area (Å²) in [5.74, 6) is 0.265. The summed E-state index contributed by atoms with van der Waals surface area (Å²) >= 11 is 0. The Morgan fingerprint density at radius 3 is 1.83 bits per heavy atom. The normalized spacial score (nSPS) is 22.1. The highest BCUT2D eigenvalue weighted by molar-refractivity contribution is 5.82. The lowest BCUT2D eigenvalue weighted by Gasteiger charge is -2.52. The molecule has 1 rings (SSSR count). The van der Waals surface area contributed by atoms with Gasteiger partial charge < -0.3 is 4.90 Å². The Hall–Kier alpha value is -0.570. The maximum atomic E-state index is 12.5. The number of rotatable bonds is 0. The van der Waals surface area contributed by atoms with Gasteiger partial charge in [-0.05, 0) is 34.6 Å². The second-order valence-electron chi connectivity index (χ2n) is 8.11. The predicted octanol–water partition coefficient (Wildman–Crippen LogP) is 2.75. The van der Waals surface area contributed by atoms with Gasteiger partial charge in [0.05, 0.1) is 5.54 Å². The van der Waals surface area contributed by atoms with Gasteiger partial charge in [-0.1, -0.05) is 20.8 Å². The molecule has 1 heterocycles. The highest BCUT2D eigenvalue weighted by Crippen LogP contribution is 2.30. The maximum Gasteiger partial charge on any atom is 0.228 e. The molecule has 0 radical (unpaired) electrons. The third-order valence-corrected chi connectivity index (χ3v) is 3.74. The molecular weight excluding hydrogens is 224 g/mol. The molecule has 0 atom stereocenters. The van der Waals surface area contributed by atoms with E-state index in [9.17, 15) is 4.79 Å². The molecule has 1 aliphatic heterocycles. The first-order valence-electron chi connectivity index (χ1n) is 6.93. The summed E-state index contributed by atoms with van der Waals surface area (Å²) in [6.45, 7) is 19.8. The second kappa shape index (κ2) is 4.52. The van der Waals surface area contributed by atoms with Crippen LogP contribution in [0.5, 0.6) is 0 Å². The van der Waals surface area contributed by atoms with Crippen molar-refractivity contribution < 1.29 is 4.79 Å². The van der Waals surface area contributed by atoms with Crippen LogP contribution >= 0.6 is 0 Å². The average Bonchev–Trinajstić information content (AvgIpc) is 2.12. The van der Waals surface area contributed by atoms with Gasteiger partial charge in [-0.15, -0.1) is 0 Å². The molecule has 3 nitrogen and oxygen atoms in total. The lowest BCUT2D eigenvalue weighted by atomic mass is 9.88. The van der Waals surface area contributed by atoms with Gasteiger partial charge in [0.15, 0.2) is 0 Å². The van der Waals surface area contributed by atoms with Crippen molar-refractivity contribution in [1.82, 2.24) is 9.80 Å². The monoisotopic (exact) mass is 254 g/mol. The molecule has 106 valence electrons. The molecule has 18 heavy (non-hydrogen) atoms. The highest BCUT2D eigenvalue weighted by Gasteiger charge is 2.42. The van der Waals surface area contributed by atoms with E-state index in [0.29, 0.717) is 0 Å². The average molecular weight is 254 g/mol. The number of hydrogen-bond acceptors (Lipinski definition) is 2. The number of amides is 1. The van der Waals surface area contributed by atoms with E-state index in [0.717, 1.165) is 19.6 Å². The maximum absolute atomic E-state index is 12.5. The van der Waals surface area contributed by atoms with Crippen LogP contribution < -0.4 is 0 Å². The molecule has 0 spiro atoms. The van der Waals surface area contributed by atoms with Gasteiger partial charge in [-0.2, -0.15) is 0 Å². The first-order valence-corrected chi connectivity index (χ1v) is 6.93. The van der Waals surface area contributed by atoms with Gasteiger partial charge >= 0.3 is 0 Å². The molecule has 0 saturated carbocycles. The third kappa shape index (κ3) is 3.25. The second-order valence-corrected chi connectivity index (χ2v) is 8.11. The zero-order chi connectivity index (χ0) is 14.4. The summed E-state index contributed by atoms with van der Waals surface area (Å²) in [5, 5.41) is 0. The quantitative estimate of drug-likeness (QED) is 0.663. The third-order valence-electron chi connectivity index (χ3n) is 3.74. The van der Waals surface area contributed by atoms with Crippen molar-refractivity contribution in [3.05, 3.63) is 0 Å². The minimum absolute atomic E-state index is 0.0874. The van der Waals surface area contributed by atoms with E-state index >= 15 is 0 Å². The van der Waals surface area contributed by atoms with Crippen LogP contribution in [0.15, 0.2) is 0 Å². The number of carbonyl (C=O) groups is 1. The fraction of sp³-hybridized carbons (Fsp3) is 0.933. The van der Waals surface area contributed by atoms with Crippen LogP contribution in [0.3, 0.4) is 0 Å². The highest BCUT2D eigenvalue weighted by atomic mass is 16.2. The van der Waals surface area contributed by atoms with Crippen LogP contribution in [0.4, 0.5) is 0 Å². The Morgan fingerprint density at radius 1 is 1.00 bits per heavy atom. The van der Waals surface area contributed by atoms with Gasteiger partial charge in [0.2, 0.25) is 5.91 Å². The summed E-state index contributed by atoms with van der Waals surface area (Å²) in [7, 11) is 0. The Morgan fingerprint density at radius 2 is 1.50 bits per heavy atom. The number of carbonyl (C=O) groups excluding carboxylic acids is 1. The summed E-state index contributed by atoms with van der Waals surface area (Å²) in [4.78, 5) is 17.0. The molecule has 0 N–H and O–H groups in total. The van der Waals surface area contributed by atoms with Crippen LogP contribution in [-0.2, 0) is 4.79 Å². The Balaban J connectivity index is 2.87. The molecule has 0 aromatic heterocycles. The van der Waals surface area contributed by atoms with E-state index < -0.39 is 0 Å². The summed E-state index contributed by atoms with van der Waals surface area (Å²) in [6, 6.07) is 0. The van der Waals surface area contributed by atoms with Crippen LogP contribution in [0.2, 0.25) is 0 Å². The van der Waals surface area contributed by atoms with Crippen molar-refractivity contribution in [2.75, 3.05) is 19.6 Å². The molecule has 0 aromatic carbocycles. The fourth-order valence-corrected chi connectivity index (χ4v) is 2.51. The van der Waals surface area contributed by atoms with Crippen LogP contribution in [0.1, 0.15) is 55.4 Å². The first kappa shape index (κ1) is 15.5. The van der Waals surface area contributed by atoms with Crippen LogP contribution in [0, 0.1) is 5.41 Å². The van der Waals surface area contributed by atoms with E-state index in [4.69, 9.17) is 0 Å². The smallest absolute Gasteiger partial charge is 0.228 e. The first-order chi connectivity index (χ1) is 7.86. The zero-order valence-electron chi connectivity index (χ0n) is 13.4. The van der Waals surface area contributed by atoms with Crippen molar-refractivity contribution >= 4 is 5.91 Å². The van der Waals surface area contributed by atoms with Gasteiger partial charge in [0, 0.05) is 30.6 Å². The lowest BCUT2D eigenvalue weighted by Crippen LogP contribution is -2.65. The SMILES string of the molecule is CC(C)(C)C(=O)N1CCN(C(C)(C)C)CC1(C)C. The molecule has 1 saturated heterocycles. The Bertz CT molecular complexity index is 320. The summed E-state index contributed by atoms with van der Waals surface area (Å²) in [6.07, 6.45) is 0. The van der Waals surface area contributed by atoms with Crippen molar-refractivity contribution in [2.24, 2.45) is 5.41 Å². The standard InChI is InChI=1S/C15H30N2O/c1-13(2,3)12(18)17-10-9-16(14(4,5)6)11-15(17,7)8/h9-11H2,1-8H3. The number of nitrogens with zero attached hydrogens (tertiary/aromatic N) is 2. The predicted molar refractivity (Wildman–Crippen MR) is 76.6 cm³/mol. The van der Waals surface area contributed by atoms with E-state index in [2.05, 4.69) is 44.4 Å². The Labute approximate surface area is 113 Å². The molecule has 0 unspecified atom stereocenters. The number of hydrogen-bond donors (Lipinski definition) is 0. The molecular formula is C15H30N2O. The topological polar surface area (TPSA) is 23.6 Å². The van der Waals surface area contributed by atoms with Crippen LogP contribution in [0.25, 0.3) is 0 Å². The largest absolute Gasteiger partial charge is 0.335 e. The van der Waals surface area contributed by atoms with E-state index in [1.165, 1.54) is 0 Å². The zero-order valence-corrected chi connectivity index (χ0v) is 13.4. The minimum Gasteiger partial charge on any atom is -0.335 e. The van der Waals surface area contributed by atoms with Crippen molar-refractivity contribution in [1.29, 1.82) is 0 Å². The Kier molecular flexibility index (Phi) is 3.89. The lowest BCUT2D eigenvalue weighted by molar-refractivity contribution is -0.150. The van der Waals surface area contributed by atoms with E-state index in [-0.39, 0.29) is 22.4 Å². The van der Waals surface area contributed by atoms with Crippen molar-refractivity contribution in [2.45, 2.75) is 66.5 Å².